The number of ether oxygens (including phenoxy) is 4. The molecule has 6 rings (SSSR count). The summed E-state index contributed by atoms with van der Waals surface area (Å²) in [6, 6.07) is 0. The molecule has 11 unspecified atom stereocenters. The van der Waals surface area contributed by atoms with Crippen molar-refractivity contribution in [3.63, 3.8) is 0 Å². The fraction of sp³-hybridized carbons (Fsp3) is 0.806. The molecule has 2 heterocycles. The molecular weight excluding hydrogens is 514 g/mol. The number of ketones is 2. The van der Waals surface area contributed by atoms with Crippen LogP contribution in [0.2, 0.25) is 0 Å². The Bertz CT molecular complexity index is 1070. The van der Waals surface area contributed by atoms with E-state index >= 15 is 0 Å². The third kappa shape index (κ3) is 4.31. The minimum atomic E-state index is -1.19. The van der Waals surface area contributed by atoms with Crippen molar-refractivity contribution in [2.75, 3.05) is 13.2 Å². The molecule has 40 heavy (non-hydrogen) atoms. The molecule has 0 radical (unpaired) electrons. The zero-order valence-electron chi connectivity index (χ0n) is 24.0. The Morgan fingerprint density at radius 3 is 2.83 bits per heavy atom. The first-order valence-electron chi connectivity index (χ1n) is 15.2. The van der Waals surface area contributed by atoms with Crippen LogP contribution >= 0.6 is 0 Å². The van der Waals surface area contributed by atoms with Crippen LogP contribution in [0.4, 0.5) is 0 Å². The molecule has 0 spiro atoms. The zero-order valence-corrected chi connectivity index (χ0v) is 24.0. The number of Topliss-reactive ketones (excluding diaryl/α,β-unsaturated/α-hetero) is 1. The predicted octanol–water partition coefficient (Wildman–Crippen LogP) is 3.53. The van der Waals surface area contributed by atoms with Gasteiger partial charge in [0.05, 0.1) is 24.9 Å². The number of aliphatic hydroxyl groups excluding tert-OH is 1. The summed E-state index contributed by atoms with van der Waals surface area (Å²) in [5.41, 5.74) is -1.06. The molecule has 222 valence electrons. The summed E-state index contributed by atoms with van der Waals surface area (Å²) >= 11 is 0. The molecular formula is C31H45NO8. The number of fused-ring (bicyclic) bond motifs is 7. The van der Waals surface area contributed by atoms with Crippen molar-refractivity contribution in [2.45, 2.75) is 115 Å². The SMILES string of the molecule is CCCC1OC2CC3C4CCC5=CC(=O)C=CC5(C)C4C(O)CC3(C)C2(C(=O)COC2CCCC(CON)O2)O1. The quantitative estimate of drug-likeness (QED) is 0.430. The summed E-state index contributed by atoms with van der Waals surface area (Å²) in [6.45, 7) is 6.52. The molecule has 6 aliphatic rings. The van der Waals surface area contributed by atoms with Crippen LogP contribution < -0.4 is 5.90 Å². The first-order valence-corrected chi connectivity index (χ1v) is 15.2. The van der Waals surface area contributed by atoms with E-state index < -0.39 is 29.7 Å². The Kier molecular flexibility index (Phi) is 7.64. The molecule has 0 aromatic carbocycles. The lowest BCUT2D eigenvalue weighted by Gasteiger charge is -2.59. The van der Waals surface area contributed by atoms with Crippen LogP contribution in [0.25, 0.3) is 0 Å². The van der Waals surface area contributed by atoms with Crippen LogP contribution in [0.15, 0.2) is 23.8 Å². The summed E-state index contributed by atoms with van der Waals surface area (Å²) in [4.78, 5) is 31.3. The summed E-state index contributed by atoms with van der Waals surface area (Å²) in [7, 11) is 0. The number of carbonyl (C=O) groups excluding carboxylic acids is 2. The van der Waals surface area contributed by atoms with E-state index in [1.807, 2.05) is 6.08 Å². The van der Waals surface area contributed by atoms with Gasteiger partial charge >= 0.3 is 0 Å². The highest BCUT2D eigenvalue weighted by Crippen LogP contribution is 2.69. The van der Waals surface area contributed by atoms with Crippen LogP contribution in [-0.2, 0) is 33.4 Å². The van der Waals surface area contributed by atoms with Gasteiger partial charge < -0.3 is 28.9 Å². The van der Waals surface area contributed by atoms with Gasteiger partial charge in [-0.2, -0.15) is 0 Å². The van der Waals surface area contributed by atoms with Gasteiger partial charge in [-0.1, -0.05) is 38.8 Å². The largest absolute Gasteiger partial charge is 0.393 e. The van der Waals surface area contributed by atoms with Gasteiger partial charge in [-0.05, 0) is 75.4 Å². The highest BCUT2D eigenvalue weighted by Gasteiger charge is 2.75. The van der Waals surface area contributed by atoms with Crippen LogP contribution in [0.5, 0.6) is 0 Å². The predicted molar refractivity (Wildman–Crippen MR) is 144 cm³/mol. The summed E-state index contributed by atoms with van der Waals surface area (Å²) in [5, 5.41) is 11.9. The minimum Gasteiger partial charge on any atom is -0.393 e. The van der Waals surface area contributed by atoms with E-state index in [9.17, 15) is 14.7 Å². The summed E-state index contributed by atoms with van der Waals surface area (Å²) in [5.74, 6) is 5.43. The molecule has 3 N–H and O–H groups in total. The topological polar surface area (TPSA) is 127 Å². The second-order valence-electron chi connectivity index (χ2n) is 13.3. The van der Waals surface area contributed by atoms with Crippen LogP contribution in [0.3, 0.4) is 0 Å². The molecule has 0 aromatic heterocycles. The molecule has 5 fully saturated rings. The van der Waals surface area contributed by atoms with Crippen molar-refractivity contribution >= 4 is 11.6 Å². The van der Waals surface area contributed by atoms with Crippen molar-refractivity contribution < 1.29 is 38.5 Å². The Balaban J connectivity index is 1.28. The highest BCUT2D eigenvalue weighted by atomic mass is 16.7. The molecule has 2 aliphatic heterocycles. The van der Waals surface area contributed by atoms with Crippen molar-refractivity contribution in [2.24, 2.45) is 34.5 Å². The van der Waals surface area contributed by atoms with E-state index in [4.69, 9.17) is 29.7 Å². The monoisotopic (exact) mass is 559 g/mol. The maximum atomic E-state index is 14.3. The van der Waals surface area contributed by atoms with Crippen LogP contribution in [0, 0.1) is 28.6 Å². The van der Waals surface area contributed by atoms with Crippen LogP contribution in [-0.4, -0.2) is 66.4 Å². The maximum absolute atomic E-state index is 14.3. The van der Waals surface area contributed by atoms with E-state index in [0.29, 0.717) is 25.7 Å². The summed E-state index contributed by atoms with van der Waals surface area (Å²) in [6.07, 6.45) is 10.2. The fourth-order valence-electron chi connectivity index (χ4n) is 9.50. The number of rotatable bonds is 8. The molecule has 0 aromatic rings. The molecule has 9 heteroatoms. The van der Waals surface area contributed by atoms with Crippen molar-refractivity contribution in [1.29, 1.82) is 0 Å². The Labute approximate surface area is 236 Å². The number of hydrogen-bond donors (Lipinski definition) is 2. The van der Waals surface area contributed by atoms with Crippen molar-refractivity contribution in [1.82, 2.24) is 0 Å². The van der Waals surface area contributed by atoms with E-state index in [2.05, 4.69) is 20.8 Å². The summed E-state index contributed by atoms with van der Waals surface area (Å²) < 4.78 is 25.3. The number of nitrogens with two attached hydrogens (primary N) is 1. The van der Waals surface area contributed by atoms with E-state index in [0.717, 1.165) is 37.7 Å². The third-order valence-corrected chi connectivity index (χ3v) is 11.2. The standard InChI is InChI=1S/C31H45NO8/c1-4-6-27-39-25-14-22-21-10-9-18-13-19(33)11-12-29(18,2)28(21)23(34)15-30(22,3)31(25,40-27)24(35)17-36-26-8-5-7-20(38-26)16-37-32/h11-13,20-23,25-28,34H,4-10,14-17,32H2,1-3H3. The maximum Gasteiger partial charge on any atom is 0.193 e. The average molecular weight is 560 g/mol. The number of hydrogen-bond acceptors (Lipinski definition) is 9. The highest BCUT2D eigenvalue weighted by molar-refractivity contribution is 6.01. The average Bonchev–Trinajstić information content (AvgIpc) is 3.40. The Morgan fingerprint density at radius 2 is 2.05 bits per heavy atom. The van der Waals surface area contributed by atoms with E-state index in [-0.39, 0.29) is 60.2 Å². The lowest BCUT2D eigenvalue weighted by atomic mass is 9.46. The molecule has 9 nitrogen and oxygen atoms in total. The minimum absolute atomic E-state index is 0.0218. The normalized spacial score (nSPS) is 47.7. The van der Waals surface area contributed by atoms with Crippen LogP contribution in [0.1, 0.15) is 78.6 Å². The van der Waals surface area contributed by atoms with Crippen molar-refractivity contribution in [3.8, 4) is 0 Å². The third-order valence-electron chi connectivity index (χ3n) is 11.2. The van der Waals surface area contributed by atoms with Gasteiger partial charge in [0, 0.05) is 16.7 Å². The Morgan fingerprint density at radius 1 is 1.23 bits per heavy atom. The lowest BCUT2D eigenvalue weighted by Crippen LogP contribution is -2.63. The van der Waals surface area contributed by atoms with Gasteiger partial charge in [-0.3, -0.25) is 9.59 Å². The molecule has 4 aliphatic carbocycles. The molecule has 0 bridgehead atoms. The lowest BCUT2D eigenvalue weighted by molar-refractivity contribution is -0.220. The second-order valence-corrected chi connectivity index (χ2v) is 13.3. The van der Waals surface area contributed by atoms with Gasteiger partial charge in [0.15, 0.2) is 29.7 Å². The number of carbonyl (C=O) groups is 2. The van der Waals surface area contributed by atoms with Gasteiger partial charge in [-0.25, -0.2) is 5.90 Å². The first kappa shape index (κ1) is 28.6. The number of allylic oxidation sites excluding steroid dienone is 4. The number of aliphatic hydroxyl groups is 1. The smallest absolute Gasteiger partial charge is 0.193 e. The zero-order chi connectivity index (χ0) is 28.3. The fourth-order valence-corrected chi connectivity index (χ4v) is 9.50. The molecule has 11 atom stereocenters. The van der Waals surface area contributed by atoms with Gasteiger partial charge in [0.1, 0.15) is 6.61 Å². The van der Waals surface area contributed by atoms with Crippen molar-refractivity contribution in [3.05, 3.63) is 23.8 Å². The molecule has 0 amide bonds. The first-order chi connectivity index (χ1) is 19.2. The molecule has 3 saturated carbocycles. The van der Waals surface area contributed by atoms with Gasteiger partial charge in [-0.15, -0.1) is 0 Å². The Hall–Kier alpha value is -1.46. The van der Waals surface area contributed by atoms with E-state index in [1.165, 1.54) is 0 Å². The second kappa shape index (κ2) is 10.7. The molecule has 2 saturated heterocycles. The van der Waals surface area contributed by atoms with E-state index in [1.54, 1.807) is 12.2 Å². The van der Waals surface area contributed by atoms with Gasteiger partial charge in [0.2, 0.25) is 0 Å². The van der Waals surface area contributed by atoms with Gasteiger partial charge in [0.25, 0.3) is 0 Å².